The second kappa shape index (κ2) is 6.41. The number of sulfonamides is 1. The molecule has 1 aliphatic heterocycles. The first kappa shape index (κ1) is 15.7. The maximum Gasteiger partial charge on any atom is 0.243 e. The van der Waals surface area contributed by atoms with E-state index < -0.39 is 10.0 Å². The van der Waals surface area contributed by atoms with E-state index in [1.165, 1.54) is 0 Å². The molecule has 0 aromatic heterocycles. The third-order valence-electron chi connectivity index (χ3n) is 3.48. The quantitative estimate of drug-likeness (QED) is 0.900. The van der Waals surface area contributed by atoms with Gasteiger partial charge < -0.3 is 10.2 Å². The second-order valence-corrected chi connectivity index (χ2v) is 7.34. The molecule has 1 aromatic carbocycles. The molecule has 0 radical (unpaired) electrons. The van der Waals surface area contributed by atoms with Crippen LogP contribution in [0.3, 0.4) is 0 Å². The first-order valence-corrected chi connectivity index (χ1v) is 8.38. The van der Waals surface area contributed by atoms with Gasteiger partial charge in [0.05, 0.1) is 4.90 Å². The monoisotopic (exact) mass is 317 g/mol. The van der Waals surface area contributed by atoms with E-state index in [1.807, 2.05) is 7.05 Å². The minimum atomic E-state index is -3.42. The van der Waals surface area contributed by atoms with Crippen molar-refractivity contribution in [3.05, 3.63) is 28.8 Å². The Morgan fingerprint density at radius 1 is 1.25 bits per heavy atom. The summed E-state index contributed by atoms with van der Waals surface area (Å²) in [6, 6.07) is 4.89. The average molecular weight is 318 g/mol. The lowest BCUT2D eigenvalue weighted by atomic mass is 10.2. The lowest BCUT2D eigenvalue weighted by molar-refractivity contribution is 0.222. The third kappa shape index (κ3) is 3.32. The molecular formula is C13H20ClN3O2S. The standard InChI is InChI=1S/C13H20ClN3O2S/c1-15-10-11-9-12(3-4-13(11)14)20(18,19)17-7-5-16(2)6-8-17/h3-4,9,15H,5-8,10H2,1-2H3. The normalized spacial score (nSPS) is 18.4. The smallest absolute Gasteiger partial charge is 0.243 e. The molecule has 1 aliphatic rings. The Hall–Kier alpha value is -0.660. The maximum atomic E-state index is 12.6. The summed E-state index contributed by atoms with van der Waals surface area (Å²) in [6.45, 7) is 3.13. The van der Waals surface area contributed by atoms with E-state index >= 15 is 0 Å². The molecule has 1 aromatic rings. The highest BCUT2D eigenvalue weighted by molar-refractivity contribution is 7.89. The van der Waals surface area contributed by atoms with E-state index in [4.69, 9.17) is 11.6 Å². The number of halogens is 1. The van der Waals surface area contributed by atoms with E-state index in [1.54, 1.807) is 29.6 Å². The van der Waals surface area contributed by atoms with Crippen molar-refractivity contribution in [1.82, 2.24) is 14.5 Å². The number of rotatable bonds is 4. The Labute approximate surface area is 125 Å². The van der Waals surface area contributed by atoms with E-state index in [9.17, 15) is 8.42 Å². The van der Waals surface area contributed by atoms with Crippen molar-refractivity contribution >= 4 is 21.6 Å². The molecule has 20 heavy (non-hydrogen) atoms. The van der Waals surface area contributed by atoms with Crippen molar-refractivity contribution in [2.24, 2.45) is 0 Å². The van der Waals surface area contributed by atoms with E-state index in [2.05, 4.69) is 10.2 Å². The van der Waals surface area contributed by atoms with Crippen molar-refractivity contribution < 1.29 is 8.42 Å². The Morgan fingerprint density at radius 3 is 2.50 bits per heavy atom. The Kier molecular flexibility index (Phi) is 5.04. The topological polar surface area (TPSA) is 52.7 Å². The van der Waals surface area contributed by atoms with Crippen molar-refractivity contribution in [1.29, 1.82) is 0 Å². The van der Waals surface area contributed by atoms with Gasteiger partial charge in [0.25, 0.3) is 0 Å². The van der Waals surface area contributed by atoms with Gasteiger partial charge >= 0.3 is 0 Å². The highest BCUT2D eigenvalue weighted by atomic mass is 35.5. The number of benzene rings is 1. The molecule has 0 aliphatic carbocycles. The lowest BCUT2D eigenvalue weighted by Crippen LogP contribution is -2.47. The van der Waals surface area contributed by atoms with Gasteiger partial charge in [-0.2, -0.15) is 4.31 Å². The Bertz CT molecular complexity index is 569. The summed E-state index contributed by atoms with van der Waals surface area (Å²) in [7, 11) is 0.378. The fraction of sp³-hybridized carbons (Fsp3) is 0.538. The fourth-order valence-corrected chi connectivity index (χ4v) is 3.87. The van der Waals surface area contributed by atoms with Crippen LogP contribution in [0.25, 0.3) is 0 Å². The fourth-order valence-electron chi connectivity index (χ4n) is 2.22. The van der Waals surface area contributed by atoms with E-state index in [-0.39, 0.29) is 0 Å². The molecule has 0 atom stereocenters. The van der Waals surface area contributed by atoms with Gasteiger partial charge in [0.2, 0.25) is 10.0 Å². The van der Waals surface area contributed by atoms with Gasteiger partial charge in [0, 0.05) is 37.7 Å². The summed E-state index contributed by atoms with van der Waals surface area (Å²) in [5.74, 6) is 0. The van der Waals surface area contributed by atoms with Crippen LogP contribution in [0, 0.1) is 0 Å². The van der Waals surface area contributed by atoms with Crippen LogP contribution in [0.4, 0.5) is 0 Å². The van der Waals surface area contributed by atoms with Gasteiger partial charge in [0.1, 0.15) is 0 Å². The van der Waals surface area contributed by atoms with Crippen molar-refractivity contribution in [2.45, 2.75) is 11.4 Å². The first-order valence-electron chi connectivity index (χ1n) is 6.57. The number of piperazine rings is 1. The Balaban J connectivity index is 2.27. The van der Waals surface area contributed by atoms with Gasteiger partial charge in [-0.25, -0.2) is 8.42 Å². The molecule has 1 fully saturated rings. The Morgan fingerprint density at radius 2 is 1.90 bits per heavy atom. The zero-order valence-electron chi connectivity index (χ0n) is 11.8. The minimum absolute atomic E-state index is 0.316. The van der Waals surface area contributed by atoms with Crippen LogP contribution in [0.15, 0.2) is 23.1 Å². The van der Waals surface area contributed by atoms with Crippen LogP contribution in [-0.2, 0) is 16.6 Å². The van der Waals surface area contributed by atoms with Crippen LogP contribution < -0.4 is 5.32 Å². The van der Waals surface area contributed by atoms with Crippen molar-refractivity contribution in [2.75, 3.05) is 40.3 Å². The SMILES string of the molecule is CNCc1cc(S(=O)(=O)N2CCN(C)CC2)ccc1Cl. The number of hydrogen-bond donors (Lipinski definition) is 1. The molecule has 5 nitrogen and oxygen atoms in total. The zero-order valence-corrected chi connectivity index (χ0v) is 13.3. The highest BCUT2D eigenvalue weighted by Gasteiger charge is 2.27. The summed E-state index contributed by atoms with van der Waals surface area (Å²) in [5.41, 5.74) is 0.796. The van der Waals surface area contributed by atoms with E-state index in [0.717, 1.165) is 18.7 Å². The maximum absolute atomic E-state index is 12.6. The molecular weight excluding hydrogens is 298 g/mol. The van der Waals surface area contributed by atoms with Crippen molar-refractivity contribution in [3.8, 4) is 0 Å². The molecule has 1 saturated heterocycles. The molecule has 1 N–H and O–H groups in total. The molecule has 0 saturated carbocycles. The molecule has 0 spiro atoms. The van der Waals surface area contributed by atoms with Crippen molar-refractivity contribution in [3.63, 3.8) is 0 Å². The van der Waals surface area contributed by atoms with Crippen LogP contribution in [0.5, 0.6) is 0 Å². The van der Waals surface area contributed by atoms with Gasteiger partial charge in [0.15, 0.2) is 0 Å². The molecule has 0 unspecified atom stereocenters. The number of hydrogen-bond acceptors (Lipinski definition) is 4. The molecule has 0 bridgehead atoms. The number of likely N-dealkylation sites (N-methyl/N-ethyl adjacent to an activating group) is 1. The summed E-state index contributed by atoms with van der Waals surface area (Å²) < 4.78 is 26.8. The lowest BCUT2D eigenvalue weighted by Gasteiger charge is -2.31. The van der Waals surface area contributed by atoms with E-state index in [0.29, 0.717) is 29.6 Å². The zero-order chi connectivity index (χ0) is 14.8. The van der Waals surface area contributed by atoms with Gasteiger partial charge in [-0.1, -0.05) is 11.6 Å². The average Bonchev–Trinajstić information content (AvgIpc) is 2.42. The van der Waals surface area contributed by atoms with Gasteiger partial charge in [-0.15, -0.1) is 0 Å². The summed E-state index contributed by atoms with van der Waals surface area (Å²) in [6.07, 6.45) is 0. The first-order chi connectivity index (χ1) is 9.45. The van der Waals surface area contributed by atoms with Gasteiger partial charge in [-0.3, -0.25) is 0 Å². The third-order valence-corrected chi connectivity index (χ3v) is 5.75. The largest absolute Gasteiger partial charge is 0.316 e. The summed E-state index contributed by atoms with van der Waals surface area (Å²) >= 11 is 6.07. The summed E-state index contributed by atoms with van der Waals surface area (Å²) in [5, 5.41) is 3.57. The molecule has 2 rings (SSSR count). The van der Waals surface area contributed by atoms with Crippen LogP contribution >= 0.6 is 11.6 Å². The predicted molar refractivity (Wildman–Crippen MR) is 80.5 cm³/mol. The summed E-state index contributed by atoms with van der Waals surface area (Å²) in [4.78, 5) is 2.44. The highest BCUT2D eigenvalue weighted by Crippen LogP contribution is 2.23. The molecule has 7 heteroatoms. The number of nitrogens with zero attached hydrogens (tertiary/aromatic N) is 2. The van der Waals surface area contributed by atoms with Gasteiger partial charge in [-0.05, 0) is 37.9 Å². The van der Waals surface area contributed by atoms with Crippen LogP contribution in [0.2, 0.25) is 5.02 Å². The molecule has 1 heterocycles. The van der Waals surface area contributed by atoms with Crippen LogP contribution in [0.1, 0.15) is 5.56 Å². The predicted octanol–water partition coefficient (Wildman–Crippen LogP) is 0.996. The second-order valence-electron chi connectivity index (χ2n) is 4.99. The molecule has 112 valence electrons. The minimum Gasteiger partial charge on any atom is -0.316 e. The molecule has 0 amide bonds. The van der Waals surface area contributed by atoms with Crippen LogP contribution in [-0.4, -0.2) is 57.9 Å². The number of nitrogens with one attached hydrogen (secondary N) is 1.